The Morgan fingerprint density at radius 2 is 1.89 bits per heavy atom. The van der Waals surface area contributed by atoms with Gasteiger partial charge in [0.25, 0.3) is 21.6 Å². The molecule has 0 radical (unpaired) electrons. The number of carbonyl (C=O) groups is 1. The van der Waals surface area contributed by atoms with Gasteiger partial charge in [-0.05, 0) is 37.3 Å². The Hall–Kier alpha value is -3.96. The van der Waals surface area contributed by atoms with Crippen molar-refractivity contribution >= 4 is 45.1 Å². The minimum atomic E-state index is -4.12. The van der Waals surface area contributed by atoms with Crippen molar-refractivity contribution in [3.63, 3.8) is 0 Å². The van der Waals surface area contributed by atoms with Crippen LogP contribution in [-0.2, 0) is 14.8 Å². The number of hydrogen-bond donors (Lipinski definition) is 1. The van der Waals surface area contributed by atoms with Crippen LogP contribution in [0.2, 0.25) is 5.02 Å². The number of ether oxygens (including phenoxy) is 1. The second-order valence-electron chi connectivity index (χ2n) is 7.28. The molecule has 0 unspecified atom stereocenters. The van der Waals surface area contributed by atoms with Crippen molar-refractivity contribution in [1.82, 2.24) is 5.43 Å². The Morgan fingerprint density at radius 3 is 2.54 bits per heavy atom. The normalized spacial score (nSPS) is 11.3. The number of carbonyl (C=O) groups excluding carboxylic acids is 1. The summed E-state index contributed by atoms with van der Waals surface area (Å²) in [6.07, 6.45) is 1.14. The van der Waals surface area contributed by atoms with Gasteiger partial charge in [0.05, 0.1) is 28.8 Å². The molecule has 0 aromatic heterocycles. The molecule has 0 aliphatic rings. The Labute approximate surface area is 207 Å². The number of hydrazone groups is 1. The molecule has 182 valence electrons. The van der Waals surface area contributed by atoms with Crippen LogP contribution in [0.15, 0.2) is 76.7 Å². The number of aryl methyl sites for hydroxylation is 1. The monoisotopic (exact) mass is 516 g/mol. The predicted octanol–water partition coefficient (Wildman–Crippen LogP) is 3.91. The van der Waals surface area contributed by atoms with Crippen molar-refractivity contribution in [3.05, 3.63) is 93.0 Å². The summed E-state index contributed by atoms with van der Waals surface area (Å²) in [5.41, 5.74) is 3.33. The molecular weight excluding hydrogens is 496 g/mol. The molecule has 0 saturated carbocycles. The summed E-state index contributed by atoms with van der Waals surface area (Å²) in [6, 6.07) is 16.3. The molecule has 10 nitrogen and oxygen atoms in total. The van der Waals surface area contributed by atoms with E-state index in [-0.39, 0.29) is 26.9 Å². The third kappa shape index (κ3) is 6.34. The van der Waals surface area contributed by atoms with Crippen molar-refractivity contribution in [2.24, 2.45) is 5.10 Å². The van der Waals surface area contributed by atoms with Gasteiger partial charge in [0.1, 0.15) is 12.3 Å². The Bertz CT molecular complexity index is 1380. The summed E-state index contributed by atoms with van der Waals surface area (Å²) < 4.78 is 32.9. The number of rotatable bonds is 9. The molecule has 0 heterocycles. The highest BCUT2D eigenvalue weighted by atomic mass is 35.5. The van der Waals surface area contributed by atoms with Gasteiger partial charge in [0.15, 0.2) is 0 Å². The van der Waals surface area contributed by atoms with E-state index in [9.17, 15) is 23.3 Å². The number of nitrogens with one attached hydrogen (secondary N) is 1. The first kappa shape index (κ1) is 25.7. The largest absolute Gasteiger partial charge is 0.497 e. The van der Waals surface area contributed by atoms with E-state index in [1.165, 1.54) is 49.6 Å². The van der Waals surface area contributed by atoms with Crippen LogP contribution in [0.25, 0.3) is 0 Å². The smallest absolute Gasteiger partial charge is 0.270 e. The second kappa shape index (κ2) is 11.0. The van der Waals surface area contributed by atoms with E-state index in [4.69, 9.17) is 16.3 Å². The average molecular weight is 517 g/mol. The standard InChI is InChI=1S/C23H21ClN4O6S/c1-16-6-9-21(10-7-16)35(32,33)27(18-4-3-5-20(13-18)34-2)15-23(29)26-25-14-17-12-19(28(30)31)8-11-22(17)24/h3-14H,15H2,1-2H3,(H,26,29)/b25-14-. The molecule has 3 rings (SSSR count). The summed E-state index contributed by atoms with van der Waals surface area (Å²) in [5, 5.41) is 14.9. The molecule has 0 fully saturated rings. The summed E-state index contributed by atoms with van der Waals surface area (Å²) in [5.74, 6) is -0.341. The van der Waals surface area contributed by atoms with Crippen molar-refractivity contribution in [2.75, 3.05) is 18.0 Å². The number of hydrogen-bond acceptors (Lipinski definition) is 7. The molecule has 1 N–H and O–H groups in total. The van der Waals surface area contributed by atoms with Crippen molar-refractivity contribution in [2.45, 2.75) is 11.8 Å². The minimum Gasteiger partial charge on any atom is -0.497 e. The average Bonchev–Trinajstić information content (AvgIpc) is 2.83. The first-order valence-corrected chi connectivity index (χ1v) is 11.9. The van der Waals surface area contributed by atoms with E-state index in [1.54, 1.807) is 24.3 Å². The minimum absolute atomic E-state index is 0.00518. The summed E-state index contributed by atoms with van der Waals surface area (Å²) in [4.78, 5) is 23.0. The van der Waals surface area contributed by atoms with Crippen molar-refractivity contribution in [1.29, 1.82) is 0 Å². The zero-order chi connectivity index (χ0) is 25.6. The molecule has 0 aliphatic heterocycles. The molecule has 0 aliphatic carbocycles. The first-order valence-electron chi connectivity index (χ1n) is 10.1. The van der Waals surface area contributed by atoms with Crippen molar-refractivity contribution in [3.8, 4) is 5.75 Å². The van der Waals surface area contributed by atoms with Crippen LogP contribution < -0.4 is 14.5 Å². The third-order valence-corrected chi connectivity index (χ3v) is 6.95. The zero-order valence-corrected chi connectivity index (χ0v) is 20.3. The number of halogens is 1. The topological polar surface area (TPSA) is 131 Å². The lowest BCUT2D eigenvalue weighted by atomic mass is 10.2. The van der Waals surface area contributed by atoms with Gasteiger partial charge in [-0.25, -0.2) is 13.8 Å². The molecule has 1 amide bonds. The van der Waals surface area contributed by atoms with E-state index in [0.29, 0.717) is 5.75 Å². The molecule has 0 atom stereocenters. The van der Waals surface area contributed by atoms with Crippen molar-refractivity contribution < 1.29 is 22.9 Å². The number of amides is 1. The third-order valence-electron chi connectivity index (χ3n) is 4.82. The van der Waals surface area contributed by atoms with Gasteiger partial charge in [-0.15, -0.1) is 0 Å². The van der Waals surface area contributed by atoms with E-state index in [1.807, 2.05) is 6.92 Å². The molecule has 0 saturated heterocycles. The number of nitro benzene ring substituents is 1. The fraction of sp³-hybridized carbons (Fsp3) is 0.130. The van der Waals surface area contributed by atoms with E-state index < -0.39 is 27.4 Å². The first-order chi connectivity index (χ1) is 16.6. The van der Waals surface area contributed by atoms with Crippen LogP contribution in [0.1, 0.15) is 11.1 Å². The Balaban J connectivity index is 1.87. The molecule has 0 spiro atoms. The summed E-state index contributed by atoms with van der Waals surface area (Å²) in [7, 11) is -2.68. The van der Waals surface area contributed by atoms with Crippen LogP contribution in [0.5, 0.6) is 5.75 Å². The molecule has 12 heteroatoms. The molecule has 3 aromatic rings. The van der Waals surface area contributed by atoms with Crippen LogP contribution in [0, 0.1) is 17.0 Å². The fourth-order valence-corrected chi connectivity index (χ4v) is 4.58. The lowest BCUT2D eigenvalue weighted by Gasteiger charge is -2.24. The van der Waals surface area contributed by atoms with Gasteiger partial charge in [-0.3, -0.25) is 19.2 Å². The van der Waals surface area contributed by atoms with Crippen LogP contribution in [-0.4, -0.2) is 39.1 Å². The molecule has 3 aromatic carbocycles. The highest BCUT2D eigenvalue weighted by Crippen LogP contribution is 2.27. The molecule has 0 bridgehead atoms. The van der Waals surface area contributed by atoms with Gasteiger partial charge in [-0.1, -0.05) is 35.4 Å². The number of nitro groups is 1. The predicted molar refractivity (Wildman–Crippen MR) is 133 cm³/mol. The zero-order valence-electron chi connectivity index (χ0n) is 18.7. The highest BCUT2D eigenvalue weighted by molar-refractivity contribution is 7.92. The Morgan fingerprint density at radius 1 is 1.17 bits per heavy atom. The lowest BCUT2D eigenvalue weighted by molar-refractivity contribution is -0.384. The maximum Gasteiger partial charge on any atom is 0.270 e. The van der Waals surface area contributed by atoms with Crippen LogP contribution in [0.3, 0.4) is 0 Å². The van der Waals surface area contributed by atoms with Gasteiger partial charge in [0, 0.05) is 28.8 Å². The SMILES string of the molecule is COc1cccc(N(CC(=O)N/N=C\c2cc([N+](=O)[O-])ccc2Cl)S(=O)(=O)c2ccc(C)cc2)c1. The molecule has 35 heavy (non-hydrogen) atoms. The number of anilines is 1. The highest BCUT2D eigenvalue weighted by Gasteiger charge is 2.27. The number of methoxy groups -OCH3 is 1. The Kier molecular flexibility index (Phi) is 8.05. The van der Waals surface area contributed by atoms with Gasteiger partial charge in [-0.2, -0.15) is 5.10 Å². The quantitative estimate of drug-likeness (QED) is 0.260. The molecular formula is C23H21ClN4O6S. The maximum absolute atomic E-state index is 13.4. The number of sulfonamides is 1. The van der Waals surface area contributed by atoms with Crippen LogP contribution in [0.4, 0.5) is 11.4 Å². The van der Waals surface area contributed by atoms with Gasteiger partial charge in [0.2, 0.25) is 0 Å². The van der Waals surface area contributed by atoms with E-state index >= 15 is 0 Å². The van der Waals surface area contributed by atoms with E-state index in [2.05, 4.69) is 10.5 Å². The van der Waals surface area contributed by atoms with Crippen LogP contribution >= 0.6 is 11.6 Å². The number of nitrogens with zero attached hydrogens (tertiary/aromatic N) is 3. The summed E-state index contributed by atoms with van der Waals surface area (Å²) in [6.45, 7) is 1.23. The van der Waals surface area contributed by atoms with Gasteiger partial charge < -0.3 is 4.74 Å². The van der Waals surface area contributed by atoms with Gasteiger partial charge >= 0.3 is 0 Å². The summed E-state index contributed by atoms with van der Waals surface area (Å²) >= 11 is 6.02. The number of non-ortho nitro benzene ring substituents is 1. The van der Waals surface area contributed by atoms with E-state index in [0.717, 1.165) is 16.1 Å². The number of benzene rings is 3. The lowest BCUT2D eigenvalue weighted by Crippen LogP contribution is -2.39. The maximum atomic E-state index is 13.4. The second-order valence-corrected chi connectivity index (χ2v) is 9.55. The fourth-order valence-electron chi connectivity index (χ4n) is 3.00.